The van der Waals surface area contributed by atoms with E-state index in [-0.39, 0.29) is 14.9 Å². The number of fused-ring (bicyclic) bond motifs is 1. The van der Waals surface area contributed by atoms with Crippen LogP contribution in [0.1, 0.15) is 23.2 Å². The molecule has 1 heterocycles. The molecule has 0 saturated heterocycles. The fourth-order valence-electron chi connectivity index (χ4n) is 4.00. The molecule has 15 heteroatoms. The van der Waals surface area contributed by atoms with E-state index in [1.807, 2.05) is 4.72 Å². The van der Waals surface area contributed by atoms with E-state index in [0.717, 1.165) is 0 Å². The molecule has 4 rings (SSSR count). The van der Waals surface area contributed by atoms with Gasteiger partial charge in [0.2, 0.25) is 0 Å². The topological polar surface area (TPSA) is 105 Å². The minimum atomic E-state index is -5.14. The van der Waals surface area contributed by atoms with Crippen molar-refractivity contribution < 1.29 is 43.9 Å². The first-order valence-electron chi connectivity index (χ1n) is 10.5. The van der Waals surface area contributed by atoms with E-state index >= 15 is 0 Å². The van der Waals surface area contributed by atoms with Gasteiger partial charge < -0.3 is 5.11 Å². The highest BCUT2D eigenvalue weighted by Gasteiger charge is 2.56. The summed E-state index contributed by atoms with van der Waals surface area (Å²) in [4.78, 5) is -1.08. The van der Waals surface area contributed by atoms with Crippen LogP contribution in [0.2, 0.25) is 0 Å². The smallest absolute Gasteiger partial charge is 0.380 e. The van der Waals surface area contributed by atoms with Crippen molar-refractivity contribution >= 4 is 41.7 Å². The van der Waals surface area contributed by atoms with E-state index in [9.17, 15) is 43.9 Å². The van der Waals surface area contributed by atoms with Gasteiger partial charge in [0.1, 0.15) is 16.5 Å². The lowest BCUT2D eigenvalue weighted by Crippen LogP contribution is -2.50. The van der Waals surface area contributed by atoms with E-state index in [2.05, 4.69) is 15.9 Å². The maximum atomic E-state index is 14.3. The van der Waals surface area contributed by atoms with Crippen molar-refractivity contribution in [1.82, 2.24) is 3.97 Å². The standard InChI is InChI=1S/C22H18BrF5N2O5S2/c1-12-2-4-13(5-3-12)37(34,35)30-11-20(14-6-7-21(31,10-19(14)30)22(26,27)28)36(32,33)29-18-9-16(24)15(23)8-17(18)25/h2-5,8-9,11,29,31H,6-7,10H2,1H3/t21-/m1/s1. The minimum Gasteiger partial charge on any atom is -0.380 e. The largest absolute Gasteiger partial charge is 0.417 e. The first kappa shape index (κ1) is 27.5. The Kier molecular flexibility index (Phi) is 6.75. The molecule has 1 aliphatic carbocycles. The summed E-state index contributed by atoms with van der Waals surface area (Å²) >= 11 is 2.75. The average Bonchev–Trinajstić information content (AvgIpc) is 3.17. The number of rotatable bonds is 5. The molecular weight excluding hydrogens is 611 g/mol. The lowest BCUT2D eigenvalue weighted by Gasteiger charge is -2.34. The van der Waals surface area contributed by atoms with Crippen LogP contribution in [-0.4, -0.2) is 37.7 Å². The lowest BCUT2D eigenvalue weighted by atomic mass is 9.83. The minimum absolute atomic E-state index is 0.285. The number of hydrogen-bond donors (Lipinski definition) is 2. The number of nitrogens with zero attached hydrogens (tertiary/aromatic N) is 1. The van der Waals surface area contributed by atoms with Gasteiger partial charge in [0.05, 0.1) is 15.1 Å². The van der Waals surface area contributed by atoms with E-state index in [1.165, 1.54) is 24.3 Å². The third-order valence-electron chi connectivity index (χ3n) is 6.04. The molecule has 0 unspecified atom stereocenters. The predicted octanol–water partition coefficient (Wildman–Crippen LogP) is 4.66. The maximum Gasteiger partial charge on any atom is 0.417 e. The fourth-order valence-corrected chi connectivity index (χ4v) is 7.14. The number of sulfonamides is 1. The summed E-state index contributed by atoms with van der Waals surface area (Å²) in [5.41, 5.74) is -4.30. The van der Waals surface area contributed by atoms with Crippen LogP contribution in [0, 0.1) is 18.6 Å². The number of halogens is 6. The molecule has 7 nitrogen and oxygen atoms in total. The normalized spacial score (nSPS) is 18.5. The molecule has 0 fully saturated rings. The molecule has 2 N–H and O–H groups in total. The van der Waals surface area contributed by atoms with Crippen LogP contribution in [0.15, 0.2) is 56.9 Å². The zero-order valence-electron chi connectivity index (χ0n) is 18.8. The van der Waals surface area contributed by atoms with Gasteiger partial charge in [-0.3, -0.25) is 4.72 Å². The Labute approximate surface area is 217 Å². The molecule has 0 spiro atoms. The Hall–Kier alpha value is -2.49. The maximum absolute atomic E-state index is 14.3. The molecule has 200 valence electrons. The van der Waals surface area contributed by atoms with Gasteiger partial charge in [0, 0.05) is 24.4 Å². The summed E-state index contributed by atoms with van der Waals surface area (Å²) in [5.74, 6) is -2.17. The third-order valence-corrected chi connectivity index (χ3v) is 9.78. The van der Waals surface area contributed by atoms with E-state index < -0.39 is 79.0 Å². The molecule has 3 aromatic rings. The second-order valence-corrected chi connectivity index (χ2v) is 12.9. The number of aromatic nitrogens is 1. The molecule has 37 heavy (non-hydrogen) atoms. The van der Waals surface area contributed by atoms with Crippen molar-refractivity contribution in [3.8, 4) is 0 Å². The monoisotopic (exact) mass is 628 g/mol. The van der Waals surface area contributed by atoms with Crippen molar-refractivity contribution in [2.24, 2.45) is 0 Å². The van der Waals surface area contributed by atoms with Crippen LogP contribution >= 0.6 is 15.9 Å². The SMILES string of the molecule is Cc1ccc(S(=O)(=O)n2cc(S(=O)(=O)Nc3cc(F)c(Br)cc3F)c3c2C[C@@](O)(C(F)(F)F)CC3)cc1. The highest BCUT2D eigenvalue weighted by molar-refractivity contribution is 9.10. The van der Waals surface area contributed by atoms with E-state index in [1.54, 1.807) is 6.92 Å². The van der Waals surface area contributed by atoms with Gasteiger partial charge in [-0.15, -0.1) is 0 Å². The van der Waals surface area contributed by atoms with Crippen LogP contribution in [0.25, 0.3) is 0 Å². The number of benzene rings is 2. The quantitative estimate of drug-likeness (QED) is 0.316. The first-order valence-corrected chi connectivity index (χ1v) is 14.2. The third kappa shape index (κ3) is 4.89. The second-order valence-electron chi connectivity index (χ2n) is 8.59. The number of aliphatic hydroxyl groups is 1. The molecule has 0 amide bonds. The molecule has 2 aromatic carbocycles. The Morgan fingerprint density at radius 3 is 2.27 bits per heavy atom. The number of hydrogen-bond acceptors (Lipinski definition) is 5. The van der Waals surface area contributed by atoms with Crippen molar-refractivity contribution in [2.75, 3.05) is 4.72 Å². The van der Waals surface area contributed by atoms with Crippen LogP contribution in [0.4, 0.5) is 27.6 Å². The lowest BCUT2D eigenvalue weighted by molar-refractivity contribution is -0.263. The Morgan fingerprint density at radius 2 is 1.68 bits per heavy atom. The summed E-state index contributed by atoms with van der Waals surface area (Å²) < 4.78 is 124. The zero-order valence-corrected chi connectivity index (χ0v) is 22.0. The van der Waals surface area contributed by atoms with Crippen molar-refractivity contribution in [3.63, 3.8) is 0 Å². The molecule has 1 aromatic heterocycles. The summed E-state index contributed by atoms with van der Waals surface area (Å²) in [5, 5.41) is 10.3. The highest BCUT2D eigenvalue weighted by Crippen LogP contribution is 2.44. The number of nitrogens with one attached hydrogen (secondary N) is 1. The Balaban J connectivity index is 1.90. The zero-order chi connectivity index (χ0) is 27.6. The van der Waals surface area contributed by atoms with E-state index in [0.29, 0.717) is 27.9 Å². The molecular formula is C22H18BrF5N2O5S2. The van der Waals surface area contributed by atoms with Gasteiger partial charge in [-0.1, -0.05) is 17.7 Å². The number of aryl methyl sites for hydroxylation is 1. The van der Waals surface area contributed by atoms with Gasteiger partial charge >= 0.3 is 6.18 Å². The summed E-state index contributed by atoms with van der Waals surface area (Å²) in [6, 6.07) is 6.49. The highest BCUT2D eigenvalue weighted by atomic mass is 79.9. The van der Waals surface area contributed by atoms with E-state index in [4.69, 9.17) is 0 Å². The van der Waals surface area contributed by atoms with Crippen LogP contribution in [0.5, 0.6) is 0 Å². The van der Waals surface area contributed by atoms with Gasteiger partial charge in [0.25, 0.3) is 20.0 Å². The van der Waals surface area contributed by atoms with Crippen LogP contribution in [0.3, 0.4) is 0 Å². The predicted molar refractivity (Wildman–Crippen MR) is 126 cm³/mol. The van der Waals surface area contributed by atoms with Gasteiger partial charge in [-0.05, 0) is 59.5 Å². The van der Waals surface area contributed by atoms with Crippen LogP contribution < -0.4 is 4.72 Å². The Bertz CT molecular complexity index is 1600. The first-order chi connectivity index (χ1) is 17.0. The van der Waals surface area contributed by atoms with Gasteiger partial charge in [-0.25, -0.2) is 29.6 Å². The molecule has 0 aliphatic heterocycles. The molecule has 0 bridgehead atoms. The number of alkyl halides is 3. The average molecular weight is 629 g/mol. The van der Waals surface area contributed by atoms with Crippen molar-refractivity contribution in [3.05, 3.63) is 75.5 Å². The van der Waals surface area contributed by atoms with Gasteiger partial charge in [-0.2, -0.15) is 13.2 Å². The van der Waals surface area contributed by atoms with Gasteiger partial charge in [0.15, 0.2) is 5.60 Å². The molecule has 1 atom stereocenters. The summed E-state index contributed by atoms with van der Waals surface area (Å²) in [7, 11) is -9.45. The summed E-state index contributed by atoms with van der Waals surface area (Å²) in [6.07, 6.45) is -7.37. The van der Waals surface area contributed by atoms with Crippen LogP contribution in [-0.2, 0) is 32.9 Å². The Morgan fingerprint density at radius 1 is 1.05 bits per heavy atom. The van der Waals surface area contributed by atoms with Crippen molar-refractivity contribution in [2.45, 2.75) is 47.8 Å². The molecule has 0 radical (unpaired) electrons. The fraction of sp³-hybridized carbons (Fsp3) is 0.273. The number of anilines is 1. The molecule has 0 saturated carbocycles. The van der Waals surface area contributed by atoms with Crippen molar-refractivity contribution in [1.29, 1.82) is 0 Å². The molecule has 1 aliphatic rings. The second kappa shape index (κ2) is 9.06. The summed E-state index contributed by atoms with van der Waals surface area (Å²) in [6.45, 7) is 1.68.